The highest BCUT2D eigenvalue weighted by atomic mass is 16.6. The largest absolute Gasteiger partial charge is 0.463 e. The highest BCUT2D eigenvalue weighted by molar-refractivity contribution is 6.08. The van der Waals surface area contributed by atoms with Crippen molar-refractivity contribution in [1.82, 2.24) is 0 Å². The first-order valence-corrected chi connectivity index (χ1v) is 5.99. The van der Waals surface area contributed by atoms with Gasteiger partial charge in [-0.25, -0.2) is 9.59 Å². The molecule has 18 heavy (non-hydrogen) atoms. The molecule has 0 aromatic rings. The lowest BCUT2D eigenvalue weighted by atomic mass is 9.50. The summed E-state index contributed by atoms with van der Waals surface area (Å²) in [5.41, 5.74) is -2.57. The van der Waals surface area contributed by atoms with E-state index in [0.29, 0.717) is 0 Å². The molecule has 1 aliphatic heterocycles. The molecule has 0 aromatic carbocycles. The molecule has 0 radical (unpaired) electrons. The zero-order valence-corrected chi connectivity index (χ0v) is 11.3. The Morgan fingerprint density at radius 2 is 1.89 bits per heavy atom. The second kappa shape index (κ2) is 3.35. The minimum atomic E-state index is -2.25. The van der Waals surface area contributed by atoms with E-state index in [0.717, 1.165) is 11.1 Å². The Kier molecular flexibility index (Phi) is 2.43. The minimum Gasteiger partial charge on any atom is -0.463 e. The third-order valence-electron chi connectivity index (χ3n) is 4.87. The van der Waals surface area contributed by atoms with Gasteiger partial charge in [0.05, 0.1) is 12.0 Å². The minimum absolute atomic E-state index is 0.100. The normalized spacial score (nSPS) is 42.2. The number of carbonyl (C=O) groups is 2. The molecule has 3 atom stereocenters. The van der Waals surface area contributed by atoms with Crippen LogP contribution >= 0.6 is 0 Å². The number of ether oxygens (including phenoxy) is 2. The molecule has 0 bridgehead atoms. The highest BCUT2D eigenvalue weighted by Gasteiger charge is 2.80. The molecule has 0 amide bonds. The number of fused-ring (bicyclic) bond motifs is 1. The number of carbonyl (C=O) groups excluding carboxylic acids is 2. The molecule has 0 spiro atoms. The fourth-order valence-corrected chi connectivity index (χ4v) is 3.18. The Bertz CT molecular complexity index is 480. The van der Waals surface area contributed by atoms with Crippen LogP contribution in [-0.2, 0) is 19.1 Å². The zero-order valence-electron chi connectivity index (χ0n) is 11.3. The highest BCUT2D eigenvalue weighted by Crippen LogP contribution is 2.65. The summed E-state index contributed by atoms with van der Waals surface area (Å²) in [6.07, 6.45) is 0. The first kappa shape index (κ1) is 13.1. The molecule has 1 N–H and O–H groups in total. The van der Waals surface area contributed by atoms with Crippen molar-refractivity contribution in [3.8, 4) is 0 Å². The van der Waals surface area contributed by atoms with Gasteiger partial charge in [-0.15, -0.1) is 0 Å². The number of esters is 2. The van der Waals surface area contributed by atoms with Gasteiger partial charge in [-0.1, -0.05) is 5.57 Å². The molecule has 1 aliphatic carbocycles. The van der Waals surface area contributed by atoms with E-state index in [1.54, 1.807) is 27.7 Å². The van der Waals surface area contributed by atoms with Crippen LogP contribution in [0.3, 0.4) is 0 Å². The summed E-state index contributed by atoms with van der Waals surface area (Å²) in [5, 5.41) is 10.6. The Balaban J connectivity index is 2.57. The predicted molar refractivity (Wildman–Crippen MR) is 62.6 cm³/mol. The second-order valence-electron chi connectivity index (χ2n) is 5.23. The SMILES string of the molecule is CCOC(=O)[C@]1(O)C(=O)O[C@]2(C)C(C)=C(C)[C@]12C. The Morgan fingerprint density at radius 3 is 2.39 bits per heavy atom. The fraction of sp³-hybridized carbons (Fsp3) is 0.692. The summed E-state index contributed by atoms with van der Waals surface area (Å²) >= 11 is 0. The van der Waals surface area contributed by atoms with Gasteiger partial charge in [0, 0.05) is 0 Å². The molecular weight excluding hydrogens is 236 g/mol. The quantitative estimate of drug-likeness (QED) is 0.451. The van der Waals surface area contributed by atoms with Crippen molar-refractivity contribution in [2.45, 2.75) is 45.8 Å². The monoisotopic (exact) mass is 254 g/mol. The van der Waals surface area contributed by atoms with Crippen molar-refractivity contribution in [3.63, 3.8) is 0 Å². The van der Waals surface area contributed by atoms with Gasteiger partial charge in [0.25, 0.3) is 5.60 Å². The first-order valence-electron chi connectivity index (χ1n) is 5.99. The molecule has 0 aromatic heterocycles. The lowest BCUT2D eigenvalue weighted by Gasteiger charge is -2.53. The summed E-state index contributed by atoms with van der Waals surface area (Å²) in [6, 6.07) is 0. The maximum atomic E-state index is 12.0. The van der Waals surface area contributed by atoms with Crippen LogP contribution in [-0.4, -0.2) is 34.9 Å². The summed E-state index contributed by atoms with van der Waals surface area (Å²) in [5.74, 6) is -1.87. The molecule has 100 valence electrons. The molecular formula is C13H18O5. The van der Waals surface area contributed by atoms with Crippen LogP contribution in [0, 0.1) is 5.41 Å². The number of rotatable bonds is 2. The molecule has 2 aliphatic rings. The van der Waals surface area contributed by atoms with Gasteiger partial charge in [-0.05, 0) is 40.2 Å². The van der Waals surface area contributed by atoms with Gasteiger partial charge in [0.2, 0.25) is 0 Å². The third kappa shape index (κ3) is 0.983. The van der Waals surface area contributed by atoms with E-state index >= 15 is 0 Å². The molecule has 0 unspecified atom stereocenters. The third-order valence-corrected chi connectivity index (χ3v) is 4.87. The van der Waals surface area contributed by atoms with Crippen LogP contribution in [0.1, 0.15) is 34.6 Å². The molecule has 5 nitrogen and oxygen atoms in total. The van der Waals surface area contributed by atoms with Crippen LogP contribution in [0.15, 0.2) is 11.1 Å². The van der Waals surface area contributed by atoms with Crippen LogP contribution in [0.2, 0.25) is 0 Å². The van der Waals surface area contributed by atoms with E-state index in [1.807, 2.05) is 6.92 Å². The predicted octanol–water partition coefficient (Wildman–Crippen LogP) is 0.952. The number of aliphatic hydroxyl groups is 1. The van der Waals surface area contributed by atoms with Crippen LogP contribution in [0.25, 0.3) is 0 Å². The Morgan fingerprint density at radius 1 is 1.33 bits per heavy atom. The van der Waals surface area contributed by atoms with E-state index in [-0.39, 0.29) is 6.61 Å². The summed E-state index contributed by atoms with van der Waals surface area (Å²) < 4.78 is 10.1. The maximum absolute atomic E-state index is 12.0. The van der Waals surface area contributed by atoms with E-state index in [2.05, 4.69) is 0 Å². The van der Waals surface area contributed by atoms with Gasteiger partial charge in [0.1, 0.15) is 5.60 Å². The summed E-state index contributed by atoms with van der Waals surface area (Å²) in [4.78, 5) is 23.9. The van der Waals surface area contributed by atoms with Crippen molar-refractivity contribution >= 4 is 11.9 Å². The van der Waals surface area contributed by atoms with E-state index in [4.69, 9.17) is 9.47 Å². The topological polar surface area (TPSA) is 72.8 Å². The number of hydrogen-bond donors (Lipinski definition) is 1. The standard InChI is InChI=1S/C13H18O5/c1-6-17-9(14)13(16)10(15)18-12(5)8(3)7(2)11(12,13)4/h16H,6H2,1-5H3/t11-,12+,13-/m0/s1. The maximum Gasteiger partial charge on any atom is 0.352 e. The Hall–Kier alpha value is -1.36. The van der Waals surface area contributed by atoms with Crippen molar-refractivity contribution in [1.29, 1.82) is 0 Å². The summed E-state index contributed by atoms with van der Waals surface area (Å²) in [7, 11) is 0. The number of hydrogen-bond acceptors (Lipinski definition) is 5. The van der Waals surface area contributed by atoms with E-state index in [9.17, 15) is 14.7 Å². The van der Waals surface area contributed by atoms with Crippen molar-refractivity contribution < 1.29 is 24.2 Å². The lowest BCUT2D eigenvalue weighted by Crippen LogP contribution is -2.65. The van der Waals surface area contributed by atoms with Gasteiger partial charge in [-0.2, -0.15) is 0 Å². The van der Waals surface area contributed by atoms with E-state index < -0.39 is 28.6 Å². The molecule has 5 heteroatoms. The molecule has 1 fully saturated rings. The van der Waals surface area contributed by atoms with Crippen LogP contribution in [0.5, 0.6) is 0 Å². The van der Waals surface area contributed by atoms with Crippen molar-refractivity contribution in [2.24, 2.45) is 5.41 Å². The lowest BCUT2D eigenvalue weighted by molar-refractivity contribution is -0.180. The molecule has 1 heterocycles. The smallest absolute Gasteiger partial charge is 0.352 e. The first-order chi connectivity index (χ1) is 8.17. The molecule has 1 saturated heterocycles. The zero-order chi connectivity index (χ0) is 13.9. The Labute approximate surface area is 106 Å². The molecule has 2 rings (SSSR count). The van der Waals surface area contributed by atoms with Gasteiger partial charge in [0.15, 0.2) is 0 Å². The van der Waals surface area contributed by atoms with Crippen molar-refractivity contribution in [2.75, 3.05) is 6.61 Å². The van der Waals surface area contributed by atoms with Crippen LogP contribution < -0.4 is 0 Å². The van der Waals surface area contributed by atoms with Gasteiger partial charge >= 0.3 is 11.9 Å². The van der Waals surface area contributed by atoms with E-state index in [1.165, 1.54) is 0 Å². The van der Waals surface area contributed by atoms with Crippen molar-refractivity contribution in [3.05, 3.63) is 11.1 Å². The van der Waals surface area contributed by atoms with Crippen LogP contribution in [0.4, 0.5) is 0 Å². The van der Waals surface area contributed by atoms with Gasteiger partial charge in [-0.3, -0.25) is 0 Å². The molecule has 0 saturated carbocycles. The van der Waals surface area contributed by atoms with Gasteiger partial charge < -0.3 is 14.6 Å². The average molecular weight is 254 g/mol. The fourth-order valence-electron chi connectivity index (χ4n) is 3.18. The summed E-state index contributed by atoms with van der Waals surface area (Å²) in [6.45, 7) is 8.73. The second-order valence-corrected chi connectivity index (χ2v) is 5.23. The average Bonchev–Trinajstić information content (AvgIpc) is 2.47.